The first kappa shape index (κ1) is 16.4. The van der Waals surface area contributed by atoms with Gasteiger partial charge >= 0.3 is 0 Å². The Kier molecular flexibility index (Phi) is 6.97. The maximum Gasteiger partial charge on any atom is 0.0858 e. The van der Waals surface area contributed by atoms with Crippen LogP contribution in [-0.2, 0) is 11.2 Å². The van der Waals surface area contributed by atoms with Gasteiger partial charge in [-0.1, -0.05) is 13.8 Å². The van der Waals surface area contributed by atoms with Crippen molar-refractivity contribution in [3.63, 3.8) is 0 Å². The summed E-state index contributed by atoms with van der Waals surface area (Å²) in [6.07, 6.45) is 2.52. The van der Waals surface area contributed by atoms with Crippen LogP contribution in [0, 0.1) is 0 Å². The fourth-order valence-corrected chi connectivity index (χ4v) is 4.12. The molecular formula is C15H25BrN2OS. The SMILES string of the molecule is CCCNC(Cc1cc(Br)cs1)C1CN(CC)CCO1. The second-order valence-electron chi connectivity index (χ2n) is 5.30. The lowest BCUT2D eigenvalue weighted by atomic mass is 10.0. The third kappa shape index (κ3) is 4.81. The van der Waals surface area contributed by atoms with Crippen molar-refractivity contribution < 1.29 is 4.74 Å². The van der Waals surface area contributed by atoms with Crippen molar-refractivity contribution in [3.05, 3.63) is 20.8 Å². The molecule has 2 atom stereocenters. The molecule has 0 spiro atoms. The van der Waals surface area contributed by atoms with Gasteiger partial charge < -0.3 is 10.1 Å². The van der Waals surface area contributed by atoms with Crippen LogP contribution in [0.1, 0.15) is 25.1 Å². The Labute approximate surface area is 134 Å². The fraction of sp³-hybridized carbons (Fsp3) is 0.733. The standard InChI is InChI=1S/C15H25BrN2OS/c1-3-5-17-14(9-13-8-12(16)11-20-13)15-10-18(4-2)6-7-19-15/h8,11,14-15,17H,3-7,9-10H2,1-2H3. The van der Waals surface area contributed by atoms with Crippen LogP contribution >= 0.6 is 27.3 Å². The van der Waals surface area contributed by atoms with Crippen LogP contribution in [0.25, 0.3) is 0 Å². The average Bonchev–Trinajstić information content (AvgIpc) is 2.88. The number of hydrogen-bond acceptors (Lipinski definition) is 4. The van der Waals surface area contributed by atoms with Gasteiger partial charge in [0.15, 0.2) is 0 Å². The molecule has 1 N–H and O–H groups in total. The summed E-state index contributed by atoms with van der Waals surface area (Å²) in [6, 6.07) is 2.64. The summed E-state index contributed by atoms with van der Waals surface area (Å²) in [4.78, 5) is 3.90. The van der Waals surface area contributed by atoms with Crippen molar-refractivity contribution in [3.8, 4) is 0 Å². The smallest absolute Gasteiger partial charge is 0.0858 e. The lowest BCUT2D eigenvalue weighted by Crippen LogP contribution is -2.53. The molecule has 0 aromatic carbocycles. The minimum absolute atomic E-state index is 0.302. The van der Waals surface area contributed by atoms with Crippen LogP contribution in [0.2, 0.25) is 0 Å². The van der Waals surface area contributed by atoms with Gasteiger partial charge in [-0.2, -0.15) is 0 Å². The lowest BCUT2D eigenvalue weighted by Gasteiger charge is -2.37. The number of rotatable bonds is 7. The van der Waals surface area contributed by atoms with Gasteiger partial charge in [-0.15, -0.1) is 11.3 Å². The molecule has 0 radical (unpaired) electrons. The molecular weight excluding hydrogens is 336 g/mol. The van der Waals surface area contributed by atoms with E-state index < -0.39 is 0 Å². The van der Waals surface area contributed by atoms with Crippen LogP contribution in [-0.4, -0.2) is 49.8 Å². The predicted molar refractivity (Wildman–Crippen MR) is 89.7 cm³/mol. The van der Waals surface area contributed by atoms with E-state index >= 15 is 0 Å². The van der Waals surface area contributed by atoms with E-state index in [1.807, 2.05) is 11.3 Å². The molecule has 0 bridgehead atoms. The molecule has 1 fully saturated rings. The summed E-state index contributed by atoms with van der Waals surface area (Å²) in [6.45, 7) is 9.59. The molecule has 20 heavy (non-hydrogen) atoms. The summed E-state index contributed by atoms with van der Waals surface area (Å²) >= 11 is 5.37. The molecule has 0 aliphatic carbocycles. The maximum absolute atomic E-state index is 6.04. The van der Waals surface area contributed by atoms with Crippen molar-refractivity contribution in [2.45, 2.75) is 38.8 Å². The number of thiophene rings is 1. The monoisotopic (exact) mass is 360 g/mol. The number of hydrogen-bond donors (Lipinski definition) is 1. The lowest BCUT2D eigenvalue weighted by molar-refractivity contribution is -0.0446. The maximum atomic E-state index is 6.04. The van der Waals surface area contributed by atoms with Crippen molar-refractivity contribution >= 4 is 27.3 Å². The number of halogens is 1. The third-order valence-electron chi connectivity index (χ3n) is 3.77. The summed E-state index contributed by atoms with van der Waals surface area (Å²) < 4.78 is 7.22. The molecule has 0 amide bonds. The van der Waals surface area contributed by atoms with Crippen molar-refractivity contribution in [2.75, 3.05) is 32.8 Å². The normalized spacial score (nSPS) is 22.1. The summed E-state index contributed by atoms with van der Waals surface area (Å²) in [7, 11) is 0. The summed E-state index contributed by atoms with van der Waals surface area (Å²) in [5, 5.41) is 5.84. The average molecular weight is 361 g/mol. The van der Waals surface area contributed by atoms with Crippen LogP contribution < -0.4 is 5.32 Å². The Hall–Kier alpha value is 0.0600. The molecule has 1 saturated heterocycles. The molecule has 1 aromatic heterocycles. The highest BCUT2D eigenvalue weighted by molar-refractivity contribution is 9.10. The van der Waals surface area contributed by atoms with Crippen LogP contribution in [0.3, 0.4) is 0 Å². The minimum atomic E-state index is 0.302. The van der Waals surface area contributed by atoms with E-state index in [-0.39, 0.29) is 0 Å². The van der Waals surface area contributed by atoms with Gasteiger partial charge in [0.2, 0.25) is 0 Å². The quantitative estimate of drug-likeness (QED) is 0.808. The van der Waals surface area contributed by atoms with Crippen LogP contribution in [0.4, 0.5) is 0 Å². The Balaban J connectivity index is 1.98. The van der Waals surface area contributed by atoms with Gasteiger partial charge in [-0.05, 0) is 47.9 Å². The highest BCUT2D eigenvalue weighted by Crippen LogP contribution is 2.22. The largest absolute Gasteiger partial charge is 0.374 e. The summed E-state index contributed by atoms with van der Waals surface area (Å²) in [5.41, 5.74) is 0. The van der Waals surface area contributed by atoms with Crippen LogP contribution in [0.5, 0.6) is 0 Å². The highest BCUT2D eigenvalue weighted by Gasteiger charge is 2.27. The van der Waals surface area contributed by atoms with Gasteiger partial charge in [0.05, 0.1) is 12.7 Å². The summed E-state index contributed by atoms with van der Waals surface area (Å²) in [5.74, 6) is 0. The number of morpholine rings is 1. The van der Waals surface area contributed by atoms with E-state index in [9.17, 15) is 0 Å². The van der Waals surface area contributed by atoms with E-state index in [4.69, 9.17) is 4.74 Å². The first-order chi connectivity index (χ1) is 9.72. The van der Waals surface area contributed by atoms with E-state index in [0.717, 1.165) is 45.6 Å². The zero-order valence-electron chi connectivity index (χ0n) is 12.4. The van der Waals surface area contributed by atoms with Crippen molar-refractivity contribution in [1.82, 2.24) is 10.2 Å². The van der Waals surface area contributed by atoms with Gasteiger partial charge in [-0.3, -0.25) is 4.90 Å². The topological polar surface area (TPSA) is 24.5 Å². The number of nitrogens with one attached hydrogen (secondary N) is 1. The molecule has 2 unspecified atom stereocenters. The Bertz CT molecular complexity index is 399. The van der Waals surface area contributed by atoms with Gasteiger partial charge in [0.1, 0.15) is 0 Å². The zero-order chi connectivity index (χ0) is 14.4. The number of likely N-dealkylation sites (N-methyl/N-ethyl adjacent to an activating group) is 1. The molecule has 2 rings (SSSR count). The first-order valence-corrected chi connectivity index (χ1v) is 9.20. The molecule has 2 heterocycles. The molecule has 1 aliphatic rings. The fourth-order valence-electron chi connectivity index (χ4n) is 2.60. The van der Waals surface area contributed by atoms with Crippen molar-refractivity contribution in [1.29, 1.82) is 0 Å². The first-order valence-electron chi connectivity index (χ1n) is 7.53. The van der Waals surface area contributed by atoms with Gasteiger partial charge in [0.25, 0.3) is 0 Å². The second-order valence-corrected chi connectivity index (χ2v) is 7.21. The number of nitrogens with zero attached hydrogens (tertiary/aromatic N) is 1. The Morgan fingerprint density at radius 2 is 2.40 bits per heavy atom. The highest BCUT2D eigenvalue weighted by atomic mass is 79.9. The predicted octanol–water partition coefficient (Wildman–Crippen LogP) is 3.14. The molecule has 3 nitrogen and oxygen atoms in total. The second kappa shape index (κ2) is 8.49. The van der Waals surface area contributed by atoms with Crippen molar-refractivity contribution in [2.24, 2.45) is 0 Å². The minimum Gasteiger partial charge on any atom is -0.374 e. The van der Waals surface area contributed by atoms with Crippen LogP contribution in [0.15, 0.2) is 15.9 Å². The Morgan fingerprint density at radius 3 is 3.05 bits per heavy atom. The van der Waals surface area contributed by atoms with Gasteiger partial charge in [-0.25, -0.2) is 0 Å². The van der Waals surface area contributed by atoms with E-state index in [1.54, 1.807) is 0 Å². The molecule has 1 aromatic rings. The molecule has 0 saturated carbocycles. The molecule has 114 valence electrons. The van der Waals surface area contributed by atoms with E-state index in [2.05, 4.69) is 51.4 Å². The molecule has 1 aliphatic heterocycles. The van der Waals surface area contributed by atoms with E-state index in [1.165, 1.54) is 9.35 Å². The molecule has 5 heteroatoms. The third-order valence-corrected chi connectivity index (χ3v) is 5.49. The number of ether oxygens (including phenoxy) is 1. The van der Waals surface area contributed by atoms with Gasteiger partial charge in [0, 0.05) is 33.9 Å². The Morgan fingerprint density at radius 1 is 1.55 bits per heavy atom. The van der Waals surface area contributed by atoms with E-state index in [0.29, 0.717) is 12.1 Å². The zero-order valence-corrected chi connectivity index (χ0v) is 14.8.